The number of fused-ring (bicyclic) bond motifs is 4. The monoisotopic (exact) mass is 503 g/mol. The van der Waals surface area contributed by atoms with Crippen molar-refractivity contribution >= 4 is 34.7 Å². The zero-order chi connectivity index (χ0) is 25.2. The number of aromatic nitrogens is 1. The first-order valence-corrected chi connectivity index (χ1v) is 10.9. The van der Waals surface area contributed by atoms with Crippen LogP contribution in [0.5, 0.6) is 17.2 Å². The molecule has 2 unspecified atom stereocenters. The minimum absolute atomic E-state index is 0.00879. The minimum Gasteiger partial charge on any atom is -0.496 e. The van der Waals surface area contributed by atoms with Crippen LogP contribution in [0.4, 0.5) is 20.5 Å². The highest BCUT2D eigenvalue weighted by Gasteiger charge is 2.46. The Balaban J connectivity index is 1.39. The van der Waals surface area contributed by atoms with Gasteiger partial charge in [0.25, 0.3) is 11.9 Å². The van der Waals surface area contributed by atoms with Gasteiger partial charge in [-0.25, -0.2) is 4.79 Å². The van der Waals surface area contributed by atoms with Gasteiger partial charge in [0.15, 0.2) is 17.1 Å². The zero-order valence-electron chi connectivity index (χ0n) is 19.0. The van der Waals surface area contributed by atoms with Crippen LogP contribution >= 0.6 is 0 Å². The summed E-state index contributed by atoms with van der Waals surface area (Å²) >= 11 is 0. The molecule has 36 heavy (non-hydrogen) atoms. The first-order valence-electron chi connectivity index (χ1n) is 10.9. The normalized spacial score (nSPS) is 21.2. The highest BCUT2D eigenvalue weighted by atomic mass is 19.3. The van der Waals surface area contributed by atoms with Gasteiger partial charge in [-0.2, -0.15) is 4.98 Å². The van der Waals surface area contributed by atoms with Crippen molar-refractivity contribution in [3.63, 3.8) is 0 Å². The Morgan fingerprint density at radius 1 is 1.14 bits per heavy atom. The predicted octanol–water partition coefficient (Wildman–Crippen LogP) is 3.17. The highest BCUT2D eigenvalue weighted by molar-refractivity contribution is 6.15. The predicted molar refractivity (Wildman–Crippen MR) is 118 cm³/mol. The molecule has 3 aromatic rings. The van der Waals surface area contributed by atoms with E-state index in [0.717, 1.165) is 25.7 Å². The molecule has 2 bridgehead atoms. The first-order chi connectivity index (χ1) is 17.3. The van der Waals surface area contributed by atoms with Crippen LogP contribution in [-0.2, 0) is 9.47 Å². The van der Waals surface area contributed by atoms with E-state index in [-0.39, 0.29) is 51.7 Å². The van der Waals surface area contributed by atoms with E-state index in [9.17, 15) is 18.4 Å². The number of alkyl halides is 2. The van der Waals surface area contributed by atoms with Crippen molar-refractivity contribution in [3.05, 3.63) is 35.4 Å². The Morgan fingerprint density at radius 3 is 2.53 bits per heavy atom. The van der Waals surface area contributed by atoms with E-state index in [1.54, 1.807) is 12.1 Å². The van der Waals surface area contributed by atoms with Gasteiger partial charge in [0.05, 0.1) is 50.8 Å². The van der Waals surface area contributed by atoms with Gasteiger partial charge in [-0.1, -0.05) is 0 Å². The van der Waals surface area contributed by atoms with Gasteiger partial charge in [0, 0.05) is 12.1 Å². The summed E-state index contributed by atoms with van der Waals surface area (Å²) in [5.41, 5.74) is 0.235. The molecule has 11 nitrogen and oxygen atoms in total. The summed E-state index contributed by atoms with van der Waals surface area (Å²) in [6, 6.07) is 5.93. The second-order valence-electron chi connectivity index (χ2n) is 8.43. The number of morpholine rings is 1. The van der Waals surface area contributed by atoms with Gasteiger partial charge in [-0.3, -0.25) is 4.79 Å². The number of ether oxygens (including phenoxy) is 5. The number of anilines is 2. The van der Waals surface area contributed by atoms with E-state index >= 15 is 0 Å². The van der Waals surface area contributed by atoms with E-state index in [2.05, 4.69) is 19.8 Å². The van der Waals surface area contributed by atoms with Crippen LogP contribution in [0.2, 0.25) is 0 Å². The maximum absolute atomic E-state index is 13.6. The van der Waals surface area contributed by atoms with Crippen LogP contribution < -0.4 is 24.4 Å². The maximum atomic E-state index is 13.6. The van der Waals surface area contributed by atoms with Gasteiger partial charge in [-0.15, -0.1) is 8.78 Å². The molecular formula is C23H19F2N3O8. The molecule has 1 amide bonds. The van der Waals surface area contributed by atoms with E-state index < -0.39 is 18.2 Å². The standard InChI is InChI=1S/C23H19F2N3O8/c1-31-15-4-3-13-19(34-22(27-13)28-10-5-11(28)9-33-8-10)18(15)20(29)26-14-7-17-16(35-23(24,25)36-17)6-12(14)21(30)32-2/h3-4,6-7,10-11H,5,8-9H2,1-2H3,(H,26,29). The van der Waals surface area contributed by atoms with Crippen LogP contribution in [-0.4, -0.2) is 62.7 Å². The van der Waals surface area contributed by atoms with E-state index in [0.29, 0.717) is 24.7 Å². The van der Waals surface area contributed by atoms with Crippen molar-refractivity contribution in [2.45, 2.75) is 24.8 Å². The number of carbonyl (C=O) groups excluding carboxylic acids is 2. The molecule has 0 aliphatic carbocycles. The quantitative estimate of drug-likeness (QED) is 0.520. The number of hydrogen-bond acceptors (Lipinski definition) is 10. The van der Waals surface area contributed by atoms with Crippen LogP contribution in [0.15, 0.2) is 28.7 Å². The molecule has 3 aliphatic rings. The largest absolute Gasteiger partial charge is 0.586 e. The van der Waals surface area contributed by atoms with Crippen LogP contribution in [0.3, 0.4) is 0 Å². The van der Waals surface area contributed by atoms with Gasteiger partial charge < -0.3 is 38.3 Å². The summed E-state index contributed by atoms with van der Waals surface area (Å²) in [4.78, 5) is 32.4. The van der Waals surface area contributed by atoms with Crippen molar-refractivity contribution in [2.75, 3.05) is 37.7 Å². The van der Waals surface area contributed by atoms with Gasteiger partial charge in [-0.05, 0) is 18.6 Å². The smallest absolute Gasteiger partial charge is 0.496 e. The number of rotatable bonds is 5. The summed E-state index contributed by atoms with van der Waals surface area (Å²) in [5, 5.41) is 2.55. The fraction of sp³-hybridized carbons (Fsp3) is 0.348. The second-order valence-corrected chi connectivity index (χ2v) is 8.43. The SMILES string of the molecule is COC(=O)c1cc2c(cc1NC(=O)c1c(OC)ccc3nc(N4C5COCC4C5)oc13)OC(F)(F)O2. The Labute approximate surface area is 201 Å². The topological polar surface area (TPSA) is 122 Å². The molecule has 0 saturated carbocycles. The molecule has 1 aromatic heterocycles. The number of benzene rings is 2. The number of nitrogens with one attached hydrogen (secondary N) is 1. The lowest BCUT2D eigenvalue weighted by molar-refractivity contribution is -0.286. The third kappa shape index (κ3) is 3.46. The summed E-state index contributed by atoms with van der Waals surface area (Å²) in [5.74, 6) is -2.17. The number of esters is 1. The summed E-state index contributed by atoms with van der Waals surface area (Å²) < 4.78 is 57.7. The minimum atomic E-state index is -3.91. The Bertz CT molecular complexity index is 1390. The van der Waals surface area contributed by atoms with Crippen LogP contribution in [0.25, 0.3) is 11.1 Å². The number of methoxy groups -OCH3 is 2. The average Bonchev–Trinajstić information content (AvgIpc) is 3.40. The van der Waals surface area contributed by atoms with E-state index in [4.69, 9.17) is 18.6 Å². The number of hydrogen-bond donors (Lipinski definition) is 1. The van der Waals surface area contributed by atoms with Crippen molar-refractivity contribution in [1.29, 1.82) is 0 Å². The lowest BCUT2D eigenvalue weighted by Crippen LogP contribution is -2.64. The molecule has 6 rings (SSSR count). The summed E-state index contributed by atoms with van der Waals surface area (Å²) in [6.45, 7) is 1.12. The van der Waals surface area contributed by atoms with Crippen molar-refractivity contribution < 1.29 is 46.5 Å². The average molecular weight is 503 g/mol. The van der Waals surface area contributed by atoms with Gasteiger partial charge >= 0.3 is 12.3 Å². The third-order valence-electron chi connectivity index (χ3n) is 6.32. The van der Waals surface area contributed by atoms with Crippen molar-refractivity contribution in [2.24, 2.45) is 0 Å². The molecule has 3 aliphatic heterocycles. The Hall–Kier alpha value is -4.13. The molecule has 2 fully saturated rings. The van der Waals surface area contributed by atoms with Crippen molar-refractivity contribution in [3.8, 4) is 17.2 Å². The zero-order valence-corrected chi connectivity index (χ0v) is 19.0. The highest BCUT2D eigenvalue weighted by Crippen LogP contribution is 2.44. The van der Waals surface area contributed by atoms with Crippen LogP contribution in [0.1, 0.15) is 27.1 Å². The molecule has 2 aromatic carbocycles. The number of amides is 1. The molecule has 4 heterocycles. The molecular weight excluding hydrogens is 484 g/mol. The summed E-state index contributed by atoms with van der Waals surface area (Å²) in [6.07, 6.45) is -2.95. The molecule has 2 saturated heterocycles. The maximum Gasteiger partial charge on any atom is 0.586 e. The fourth-order valence-corrected chi connectivity index (χ4v) is 4.67. The van der Waals surface area contributed by atoms with Crippen LogP contribution in [0, 0.1) is 0 Å². The Kier molecular flexibility index (Phi) is 4.93. The van der Waals surface area contributed by atoms with E-state index in [1.165, 1.54) is 7.11 Å². The fourth-order valence-electron chi connectivity index (χ4n) is 4.67. The molecule has 0 spiro atoms. The molecule has 0 radical (unpaired) electrons. The molecule has 1 N–H and O–H groups in total. The molecule has 2 atom stereocenters. The van der Waals surface area contributed by atoms with Crippen molar-refractivity contribution in [1.82, 2.24) is 4.98 Å². The van der Waals surface area contributed by atoms with Gasteiger partial charge in [0.2, 0.25) is 0 Å². The molecule has 188 valence electrons. The lowest BCUT2D eigenvalue weighted by Gasteiger charge is -2.51. The number of halogens is 2. The summed E-state index contributed by atoms with van der Waals surface area (Å²) in [7, 11) is 2.50. The van der Waals surface area contributed by atoms with E-state index in [1.807, 2.05) is 4.90 Å². The second kappa shape index (κ2) is 7.95. The number of nitrogens with zero attached hydrogens (tertiary/aromatic N) is 2. The third-order valence-corrected chi connectivity index (χ3v) is 6.32. The van der Waals surface area contributed by atoms with Gasteiger partial charge in [0.1, 0.15) is 16.8 Å². The molecule has 13 heteroatoms. The first kappa shape index (κ1) is 22.3. The Morgan fingerprint density at radius 2 is 1.86 bits per heavy atom. The number of carbonyl (C=O) groups is 2. The lowest BCUT2D eigenvalue weighted by atomic mass is 9.92. The number of oxazole rings is 1.